The Morgan fingerprint density at radius 1 is 0.958 bits per heavy atom. The lowest BCUT2D eigenvalue weighted by Crippen LogP contribution is -2.24. The van der Waals surface area contributed by atoms with Crippen molar-refractivity contribution >= 4 is 40.0 Å². The van der Waals surface area contributed by atoms with Crippen LogP contribution in [-0.4, -0.2) is 11.7 Å². The zero-order chi connectivity index (χ0) is 16.8. The number of halogens is 1. The van der Waals surface area contributed by atoms with Crippen LogP contribution in [0.4, 0.5) is 0 Å². The first-order valence-electron chi connectivity index (χ1n) is 7.78. The molecule has 0 atom stereocenters. The van der Waals surface area contributed by atoms with Gasteiger partial charge in [-0.15, -0.1) is 11.8 Å². The Morgan fingerprint density at radius 3 is 2.54 bits per heavy atom. The van der Waals surface area contributed by atoms with Crippen molar-refractivity contribution in [2.75, 3.05) is 5.75 Å². The minimum atomic E-state index is 0.0419. The molecule has 24 heavy (non-hydrogen) atoms. The molecule has 4 heteroatoms. The molecular weight excluding hydrogens is 338 g/mol. The second kappa shape index (κ2) is 8.22. The summed E-state index contributed by atoms with van der Waals surface area (Å²) < 4.78 is 0. The quantitative estimate of drug-likeness (QED) is 0.671. The summed E-state index contributed by atoms with van der Waals surface area (Å²) in [5.74, 6) is 1.21. The fourth-order valence-corrected chi connectivity index (χ4v) is 3.61. The lowest BCUT2D eigenvalue weighted by Gasteiger charge is -2.07. The first kappa shape index (κ1) is 16.9. The van der Waals surface area contributed by atoms with Crippen LogP contribution in [0.2, 0.25) is 5.02 Å². The first-order chi connectivity index (χ1) is 11.7. The molecule has 1 N–H and O–H groups in total. The number of amides is 1. The van der Waals surface area contributed by atoms with Crippen LogP contribution in [0.15, 0.2) is 66.7 Å². The molecule has 0 aliphatic rings. The maximum atomic E-state index is 12.0. The molecule has 122 valence electrons. The van der Waals surface area contributed by atoms with Crippen molar-refractivity contribution in [2.45, 2.75) is 12.3 Å². The molecule has 0 unspecified atom stereocenters. The Balaban J connectivity index is 1.47. The van der Waals surface area contributed by atoms with Crippen molar-refractivity contribution in [3.05, 3.63) is 82.9 Å². The molecule has 3 aromatic rings. The molecule has 0 aliphatic carbocycles. The Kier molecular flexibility index (Phi) is 5.78. The number of nitrogens with one attached hydrogen (secondary N) is 1. The standard InChI is InChI=1S/C20H18ClNOS/c21-19-8-4-3-7-18(19)13-24-14-20(23)22-12-15-9-10-16-5-1-2-6-17(16)11-15/h1-11H,12-14H2,(H,22,23). The predicted molar refractivity (Wildman–Crippen MR) is 103 cm³/mol. The van der Waals surface area contributed by atoms with Crippen LogP contribution in [0.25, 0.3) is 10.8 Å². The summed E-state index contributed by atoms with van der Waals surface area (Å²) in [4.78, 5) is 12.0. The number of fused-ring (bicyclic) bond motifs is 1. The Bertz CT molecular complexity index is 850. The lowest BCUT2D eigenvalue weighted by atomic mass is 10.1. The van der Waals surface area contributed by atoms with Crippen LogP contribution in [0.5, 0.6) is 0 Å². The van der Waals surface area contributed by atoms with Gasteiger partial charge in [0.15, 0.2) is 0 Å². The van der Waals surface area contributed by atoms with Crippen molar-refractivity contribution in [3.63, 3.8) is 0 Å². The normalized spacial score (nSPS) is 10.7. The SMILES string of the molecule is O=C(CSCc1ccccc1Cl)NCc1ccc2ccccc2c1. The monoisotopic (exact) mass is 355 g/mol. The number of rotatable bonds is 6. The maximum Gasteiger partial charge on any atom is 0.230 e. The zero-order valence-electron chi connectivity index (χ0n) is 13.2. The Labute approximate surface area is 151 Å². The van der Waals surface area contributed by atoms with E-state index in [-0.39, 0.29) is 5.91 Å². The number of thioether (sulfide) groups is 1. The van der Waals surface area contributed by atoms with Crippen LogP contribution in [0, 0.1) is 0 Å². The number of carbonyl (C=O) groups is 1. The summed E-state index contributed by atoms with van der Waals surface area (Å²) >= 11 is 7.68. The van der Waals surface area contributed by atoms with Gasteiger partial charge in [-0.2, -0.15) is 0 Å². The molecule has 3 aromatic carbocycles. The van der Waals surface area contributed by atoms with Crippen molar-refractivity contribution < 1.29 is 4.79 Å². The van der Waals surface area contributed by atoms with Crippen molar-refractivity contribution in [1.82, 2.24) is 5.32 Å². The minimum Gasteiger partial charge on any atom is -0.351 e. The van der Waals surface area contributed by atoms with E-state index in [1.165, 1.54) is 10.8 Å². The summed E-state index contributed by atoms with van der Waals surface area (Å²) in [5.41, 5.74) is 2.17. The van der Waals surface area contributed by atoms with Gasteiger partial charge >= 0.3 is 0 Å². The summed E-state index contributed by atoms with van der Waals surface area (Å²) in [6.45, 7) is 0.552. The third-order valence-corrected chi connectivity index (χ3v) is 5.10. The van der Waals surface area contributed by atoms with Crippen LogP contribution >= 0.6 is 23.4 Å². The van der Waals surface area contributed by atoms with Gasteiger partial charge in [0, 0.05) is 17.3 Å². The van der Waals surface area contributed by atoms with E-state index < -0.39 is 0 Å². The molecule has 0 spiro atoms. The van der Waals surface area contributed by atoms with E-state index in [1.54, 1.807) is 11.8 Å². The predicted octanol–water partition coefficient (Wildman–Crippen LogP) is 5.04. The molecule has 0 bridgehead atoms. The van der Waals surface area contributed by atoms with Crippen LogP contribution < -0.4 is 5.32 Å². The molecule has 3 rings (SSSR count). The first-order valence-corrected chi connectivity index (χ1v) is 9.31. The second-order valence-corrected chi connectivity index (χ2v) is 6.94. The van der Waals surface area contributed by atoms with Gasteiger partial charge in [0.05, 0.1) is 5.75 Å². The van der Waals surface area contributed by atoms with Gasteiger partial charge in [0.25, 0.3) is 0 Å². The van der Waals surface area contributed by atoms with Crippen LogP contribution in [0.3, 0.4) is 0 Å². The van der Waals surface area contributed by atoms with Gasteiger partial charge in [0.2, 0.25) is 5.91 Å². The molecule has 1 amide bonds. The smallest absolute Gasteiger partial charge is 0.230 e. The molecule has 0 aromatic heterocycles. The van der Waals surface area contributed by atoms with Crippen molar-refractivity contribution in [3.8, 4) is 0 Å². The largest absolute Gasteiger partial charge is 0.351 e. The summed E-state index contributed by atoms with van der Waals surface area (Å²) in [6, 6.07) is 22.2. The van der Waals surface area contributed by atoms with E-state index >= 15 is 0 Å². The third kappa shape index (κ3) is 4.53. The van der Waals surface area contributed by atoms with E-state index in [0.717, 1.165) is 21.9 Å². The lowest BCUT2D eigenvalue weighted by molar-refractivity contribution is -0.118. The molecule has 2 nitrogen and oxygen atoms in total. The summed E-state index contributed by atoms with van der Waals surface area (Å²) in [6.07, 6.45) is 0. The van der Waals surface area contributed by atoms with Gasteiger partial charge in [-0.05, 0) is 34.0 Å². The van der Waals surface area contributed by atoms with Crippen molar-refractivity contribution in [2.24, 2.45) is 0 Å². The van der Waals surface area contributed by atoms with E-state index in [4.69, 9.17) is 11.6 Å². The Morgan fingerprint density at radius 2 is 1.71 bits per heavy atom. The maximum absolute atomic E-state index is 12.0. The van der Waals surface area contributed by atoms with E-state index in [9.17, 15) is 4.79 Å². The Hall–Kier alpha value is -1.97. The van der Waals surface area contributed by atoms with E-state index in [0.29, 0.717) is 12.3 Å². The average molecular weight is 356 g/mol. The third-order valence-electron chi connectivity index (χ3n) is 3.75. The highest BCUT2D eigenvalue weighted by Crippen LogP contribution is 2.20. The van der Waals surface area contributed by atoms with Crippen molar-refractivity contribution in [1.29, 1.82) is 0 Å². The fraction of sp³-hybridized carbons (Fsp3) is 0.150. The highest BCUT2D eigenvalue weighted by atomic mass is 35.5. The van der Waals surface area contributed by atoms with Gasteiger partial charge in [0.1, 0.15) is 0 Å². The summed E-state index contributed by atoms with van der Waals surface area (Å²) in [5, 5.41) is 6.13. The minimum absolute atomic E-state index is 0.0419. The molecule has 0 saturated carbocycles. The van der Waals surface area contributed by atoms with Gasteiger partial charge in [-0.1, -0.05) is 66.2 Å². The molecule has 0 radical (unpaired) electrons. The highest BCUT2D eigenvalue weighted by molar-refractivity contribution is 7.99. The number of benzene rings is 3. The number of hydrogen-bond acceptors (Lipinski definition) is 2. The molecule has 0 heterocycles. The van der Waals surface area contributed by atoms with Gasteiger partial charge in [-0.3, -0.25) is 4.79 Å². The molecule has 0 saturated heterocycles. The second-order valence-electron chi connectivity index (χ2n) is 5.54. The summed E-state index contributed by atoms with van der Waals surface area (Å²) in [7, 11) is 0. The molecule has 0 fully saturated rings. The van der Waals surface area contributed by atoms with Crippen LogP contribution in [-0.2, 0) is 17.1 Å². The highest BCUT2D eigenvalue weighted by Gasteiger charge is 2.04. The fourth-order valence-electron chi connectivity index (χ4n) is 2.47. The van der Waals surface area contributed by atoms with Crippen LogP contribution in [0.1, 0.15) is 11.1 Å². The van der Waals surface area contributed by atoms with Gasteiger partial charge < -0.3 is 5.32 Å². The topological polar surface area (TPSA) is 29.1 Å². The average Bonchev–Trinajstić information content (AvgIpc) is 2.61. The van der Waals surface area contributed by atoms with Gasteiger partial charge in [-0.25, -0.2) is 0 Å². The zero-order valence-corrected chi connectivity index (χ0v) is 14.7. The van der Waals surface area contributed by atoms with E-state index in [2.05, 4.69) is 35.6 Å². The molecular formula is C20H18ClNOS. The van der Waals surface area contributed by atoms with E-state index in [1.807, 2.05) is 36.4 Å². The number of carbonyl (C=O) groups excluding carboxylic acids is 1. The molecule has 0 aliphatic heterocycles. The number of hydrogen-bond donors (Lipinski definition) is 1.